The van der Waals surface area contributed by atoms with Gasteiger partial charge in [0.15, 0.2) is 0 Å². The smallest absolute Gasteiger partial charge is 0.420 e. The van der Waals surface area contributed by atoms with Crippen LogP contribution in [0.5, 0.6) is 0 Å². The molecule has 0 radical (unpaired) electrons. The van der Waals surface area contributed by atoms with E-state index in [-0.39, 0.29) is 6.04 Å². The summed E-state index contributed by atoms with van der Waals surface area (Å²) in [5.41, 5.74) is -1.34. The molecule has 1 rings (SSSR count). The van der Waals surface area contributed by atoms with E-state index in [9.17, 15) is 9.59 Å². The number of carbonyl (C=O) groups excluding carboxylic acids is 2. The minimum atomic E-state index is -0.671. The molecule has 2 amide bonds. The van der Waals surface area contributed by atoms with Crippen LogP contribution >= 0.6 is 0 Å². The molecule has 0 saturated carbocycles. The second-order valence-corrected chi connectivity index (χ2v) is 9.94. The maximum absolute atomic E-state index is 12.8. The fourth-order valence-electron chi connectivity index (χ4n) is 3.43. The number of carbonyl (C=O) groups is 2. The third-order valence-electron chi connectivity index (χ3n) is 4.05. The van der Waals surface area contributed by atoms with Crippen LogP contribution in [-0.2, 0) is 9.47 Å². The lowest BCUT2D eigenvalue weighted by atomic mass is 9.87. The highest BCUT2D eigenvalue weighted by Crippen LogP contribution is 2.28. The molecular weight excluding hydrogens is 332 g/mol. The molecule has 0 aromatic heterocycles. The summed E-state index contributed by atoms with van der Waals surface area (Å²) in [5.74, 6) is 1.01. The molecule has 26 heavy (non-hydrogen) atoms. The number of nitrogens with zero attached hydrogens (tertiary/aromatic N) is 2. The minimum Gasteiger partial charge on any atom is -0.443 e. The summed E-state index contributed by atoms with van der Waals surface area (Å²) >= 11 is 0. The lowest BCUT2D eigenvalue weighted by Gasteiger charge is -2.41. The summed E-state index contributed by atoms with van der Waals surface area (Å²) in [5, 5.41) is 0. The maximum Gasteiger partial charge on any atom is 0.420 e. The van der Waals surface area contributed by atoms with Crippen molar-refractivity contribution < 1.29 is 19.1 Å². The molecule has 1 aliphatic rings. The molecule has 1 aliphatic heterocycles. The van der Waals surface area contributed by atoms with Crippen LogP contribution in [0, 0.1) is 11.8 Å². The number of hydrogen-bond acceptors (Lipinski definition) is 5. The Morgan fingerprint density at radius 1 is 1.00 bits per heavy atom. The van der Waals surface area contributed by atoms with Gasteiger partial charge in [-0.3, -0.25) is 0 Å². The number of imide groups is 1. The molecule has 1 heterocycles. The van der Waals surface area contributed by atoms with Gasteiger partial charge in [-0.1, -0.05) is 13.8 Å². The van der Waals surface area contributed by atoms with Crippen LogP contribution in [0.25, 0.3) is 0 Å². The van der Waals surface area contributed by atoms with Gasteiger partial charge in [-0.15, -0.1) is 0 Å². The second kappa shape index (κ2) is 8.59. The monoisotopic (exact) mass is 370 g/mol. The van der Waals surface area contributed by atoms with Crippen LogP contribution in [0.15, 0.2) is 0 Å². The number of ether oxygens (including phenoxy) is 2. The SMILES string of the molecule is CC(C)CC1CC(N(C(=O)OC(C)(C)C)C(=O)OC(C)(C)C)CN(C)C1. The van der Waals surface area contributed by atoms with Crippen molar-refractivity contribution in [2.45, 2.75) is 85.5 Å². The van der Waals surface area contributed by atoms with Gasteiger partial charge in [-0.05, 0) is 73.3 Å². The summed E-state index contributed by atoms with van der Waals surface area (Å²) in [7, 11) is 2.03. The first kappa shape index (κ1) is 22.7. The third kappa shape index (κ3) is 7.94. The molecule has 0 aliphatic carbocycles. The van der Waals surface area contributed by atoms with E-state index in [0.717, 1.165) is 19.4 Å². The van der Waals surface area contributed by atoms with Crippen LogP contribution in [0.2, 0.25) is 0 Å². The summed E-state index contributed by atoms with van der Waals surface area (Å²) < 4.78 is 11.0. The number of piperidine rings is 1. The molecule has 0 bridgehead atoms. The molecule has 6 nitrogen and oxygen atoms in total. The van der Waals surface area contributed by atoms with Crippen molar-refractivity contribution in [1.82, 2.24) is 9.80 Å². The normalized spacial score (nSPS) is 22.2. The van der Waals surface area contributed by atoms with Crippen LogP contribution in [0.4, 0.5) is 9.59 Å². The predicted octanol–water partition coefficient (Wildman–Crippen LogP) is 4.53. The highest BCUT2D eigenvalue weighted by Gasteiger charge is 2.40. The van der Waals surface area contributed by atoms with E-state index in [1.54, 1.807) is 41.5 Å². The topological polar surface area (TPSA) is 59.1 Å². The van der Waals surface area contributed by atoms with Crippen molar-refractivity contribution in [3.8, 4) is 0 Å². The molecule has 0 N–H and O–H groups in total. The van der Waals surface area contributed by atoms with Crippen molar-refractivity contribution in [1.29, 1.82) is 0 Å². The van der Waals surface area contributed by atoms with Gasteiger partial charge >= 0.3 is 12.2 Å². The lowest BCUT2D eigenvalue weighted by Crippen LogP contribution is -2.55. The standard InChI is InChI=1S/C20H38N2O4/c1-14(2)10-15-11-16(13-21(9)12-15)22(17(23)25-19(3,4)5)18(24)26-20(6,7)8/h14-16H,10-13H2,1-9H3. The van der Waals surface area contributed by atoms with E-state index in [1.807, 2.05) is 7.05 Å². The molecule has 1 fully saturated rings. The van der Waals surface area contributed by atoms with Gasteiger partial charge in [0.05, 0.1) is 6.04 Å². The lowest BCUT2D eigenvalue weighted by molar-refractivity contribution is -0.0182. The molecule has 152 valence electrons. The zero-order valence-electron chi connectivity index (χ0n) is 18.1. The molecule has 6 heteroatoms. The Bertz CT molecular complexity index is 461. The second-order valence-electron chi connectivity index (χ2n) is 9.94. The number of amides is 2. The van der Waals surface area contributed by atoms with E-state index in [4.69, 9.17) is 9.47 Å². The molecule has 1 saturated heterocycles. The van der Waals surface area contributed by atoms with Crippen molar-refractivity contribution >= 4 is 12.2 Å². The van der Waals surface area contributed by atoms with Gasteiger partial charge in [-0.25, -0.2) is 14.5 Å². The van der Waals surface area contributed by atoms with Crippen LogP contribution < -0.4 is 0 Å². The van der Waals surface area contributed by atoms with Gasteiger partial charge in [-0.2, -0.15) is 0 Å². The molecular formula is C20H38N2O4. The fourth-order valence-corrected chi connectivity index (χ4v) is 3.43. The zero-order valence-corrected chi connectivity index (χ0v) is 18.1. The van der Waals surface area contributed by atoms with E-state index < -0.39 is 23.4 Å². The van der Waals surface area contributed by atoms with E-state index >= 15 is 0 Å². The maximum atomic E-state index is 12.8. The fraction of sp³-hybridized carbons (Fsp3) is 0.900. The quantitative estimate of drug-likeness (QED) is 0.731. The molecule has 2 atom stereocenters. The summed E-state index contributed by atoms with van der Waals surface area (Å²) in [6.45, 7) is 16.8. The van der Waals surface area contributed by atoms with E-state index in [2.05, 4.69) is 18.7 Å². The molecule has 0 spiro atoms. The van der Waals surface area contributed by atoms with Crippen LogP contribution in [-0.4, -0.2) is 59.4 Å². The molecule has 2 unspecified atom stereocenters. The predicted molar refractivity (Wildman–Crippen MR) is 103 cm³/mol. The average Bonchev–Trinajstić information content (AvgIpc) is 2.31. The first-order valence-corrected chi connectivity index (χ1v) is 9.61. The first-order chi connectivity index (χ1) is 11.7. The molecule has 0 aromatic carbocycles. The Hall–Kier alpha value is -1.30. The number of hydrogen-bond donors (Lipinski definition) is 0. The average molecular weight is 371 g/mol. The van der Waals surface area contributed by atoms with Crippen molar-refractivity contribution in [2.24, 2.45) is 11.8 Å². The van der Waals surface area contributed by atoms with Gasteiger partial charge in [0.25, 0.3) is 0 Å². The minimum absolute atomic E-state index is 0.248. The Kier molecular flexibility index (Phi) is 7.52. The van der Waals surface area contributed by atoms with Gasteiger partial charge in [0.2, 0.25) is 0 Å². The van der Waals surface area contributed by atoms with Gasteiger partial charge in [0.1, 0.15) is 11.2 Å². The first-order valence-electron chi connectivity index (χ1n) is 9.61. The number of rotatable bonds is 3. The molecule has 0 aromatic rings. The Labute approximate surface area is 159 Å². The summed E-state index contributed by atoms with van der Waals surface area (Å²) in [6.07, 6.45) is 0.587. The number of likely N-dealkylation sites (N-methyl/N-ethyl adjacent to an activating group) is 1. The van der Waals surface area contributed by atoms with Gasteiger partial charge in [0, 0.05) is 13.1 Å². The van der Waals surface area contributed by atoms with Crippen LogP contribution in [0.1, 0.15) is 68.2 Å². The highest BCUT2D eigenvalue weighted by atomic mass is 16.6. The van der Waals surface area contributed by atoms with Crippen molar-refractivity contribution in [3.05, 3.63) is 0 Å². The van der Waals surface area contributed by atoms with Crippen molar-refractivity contribution in [3.63, 3.8) is 0 Å². The largest absolute Gasteiger partial charge is 0.443 e. The summed E-state index contributed by atoms with van der Waals surface area (Å²) in [4.78, 5) is 29.0. The van der Waals surface area contributed by atoms with E-state index in [1.165, 1.54) is 4.90 Å². The van der Waals surface area contributed by atoms with Gasteiger partial charge < -0.3 is 14.4 Å². The van der Waals surface area contributed by atoms with Crippen LogP contribution in [0.3, 0.4) is 0 Å². The van der Waals surface area contributed by atoms with Crippen molar-refractivity contribution in [2.75, 3.05) is 20.1 Å². The Morgan fingerprint density at radius 3 is 1.85 bits per heavy atom. The van der Waals surface area contributed by atoms with E-state index in [0.29, 0.717) is 18.4 Å². The highest BCUT2D eigenvalue weighted by molar-refractivity contribution is 5.88. The number of likely N-dealkylation sites (tertiary alicyclic amines) is 1. The third-order valence-corrected chi connectivity index (χ3v) is 4.05. The Morgan fingerprint density at radius 2 is 1.46 bits per heavy atom. The zero-order chi connectivity index (χ0) is 20.3. The summed E-state index contributed by atoms with van der Waals surface area (Å²) in [6, 6.07) is -0.248. The Balaban J connectivity index is 3.05.